The van der Waals surface area contributed by atoms with Crippen LogP contribution in [0.2, 0.25) is 17.3 Å². The van der Waals surface area contributed by atoms with Crippen LogP contribution in [0.15, 0.2) is 54.7 Å². The minimum atomic E-state index is -2.15. The maximum atomic E-state index is 6.94. The molecular formula is C27H29GeNO. The van der Waals surface area contributed by atoms with E-state index in [9.17, 15) is 0 Å². The van der Waals surface area contributed by atoms with Gasteiger partial charge < -0.3 is 0 Å². The van der Waals surface area contributed by atoms with Gasteiger partial charge in [-0.2, -0.15) is 0 Å². The van der Waals surface area contributed by atoms with Gasteiger partial charge in [0, 0.05) is 0 Å². The maximum absolute atomic E-state index is 6.94. The molecule has 0 fully saturated rings. The zero-order chi connectivity index (χ0) is 21.0. The number of pyridine rings is 1. The van der Waals surface area contributed by atoms with Crippen molar-refractivity contribution in [1.82, 2.24) is 4.98 Å². The summed E-state index contributed by atoms with van der Waals surface area (Å²) in [6, 6.07) is 17.7. The van der Waals surface area contributed by atoms with Crippen molar-refractivity contribution in [2.75, 3.05) is 0 Å². The molecule has 3 heteroatoms. The second kappa shape index (κ2) is 7.12. The SMILES string of the molecule is CCC(CC)c1c2c(cc3ccccc13)-c1nccc3cc[c]([Ge]([CH3])([CH3])[CH3])c(c13)O2. The van der Waals surface area contributed by atoms with Gasteiger partial charge in [-0.25, -0.2) is 0 Å². The molecule has 0 radical (unpaired) electrons. The summed E-state index contributed by atoms with van der Waals surface area (Å²) in [5.74, 6) is 9.89. The molecule has 0 bridgehead atoms. The molecule has 0 saturated carbocycles. The summed E-state index contributed by atoms with van der Waals surface area (Å²) < 4.78 is 8.36. The van der Waals surface area contributed by atoms with Crippen molar-refractivity contribution in [1.29, 1.82) is 0 Å². The molecule has 30 heavy (non-hydrogen) atoms. The van der Waals surface area contributed by atoms with Gasteiger partial charge in [0.1, 0.15) is 0 Å². The summed E-state index contributed by atoms with van der Waals surface area (Å²) in [5, 5.41) is 4.99. The first kappa shape index (κ1) is 19.6. The summed E-state index contributed by atoms with van der Waals surface area (Å²) in [6.45, 7) is 4.57. The van der Waals surface area contributed by atoms with Gasteiger partial charge in [0.15, 0.2) is 0 Å². The second-order valence-corrected chi connectivity index (χ2v) is 20.0. The van der Waals surface area contributed by atoms with Crippen molar-refractivity contribution in [3.05, 3.63) is 60.3 Å². The van der Waals surface area contributed by atoms with Crippen LogP contribution >= 0.6 is 0 Å². The molecule has 2 nitrogen and oxygen atoms in total. The monoisotopic (exact) mass is 457 g/mol. The van der Waals surface area contributed by atoms with E-state index in [1.165, 1.54) is 31.5 Å². The van der Waals surface area contributed by atoms with Gasteiger partial charge in [-0.3, -0.25) is 0 Å². The Morgan fingerprint density at radius 2 is 1.67 bits per heavy atom. The first-order chi connectivity index (χ1) is 14.4. The molecule has 0 N–H and O–H groups in total. The number of ether oxygens (including phenoxy) is 1. The van der Waals surface area contributed by atoms with Crippen LogP contribution in [-0.2, 0) is 0 Å². The Morgan fingerprint density at radius 3 is 2.40 bits per heavy atom. The van der Waals surface area contributed by atoms with Crippen LogP contribution in [0, 0.1) is 0 Å². The van der Waals surface area contributed by atoms with Crippen LogP contribution in [0.1, 0.15) is 38.2 Å². The molecule has 5 rings (SSSR count). The molecule has 0 aliphatic carbocycles. The second-order valence-electron chi connectivity index (χ2n) is 9.45. The predicted octanol–water partition coefficient (Wildman–Crippen LogP) is 7.61. The quantitative estimate of drug-likeness (QED) is 0.260. The number of hydrogen-bond donors (Lipinski definition) is 0. The number of aromatic nitrogens is 1. The van der Waals surface area contributed by atoms with Crippen LogP contribution in [0.25, 0.3) is 32.8 Å². The molecule has 4 aromatic rings. The standard InChI is InChI=1S/C27H29GeNO/c1-6-17(7-2)23-20-11-9-8-10-19(20)16-21-25-24-18(14-15-29-25)12-13-22(28(3,4)5)27(24)30-26(21)23/h8-17H,6-7H2,1-5H3. The van der Waals surface area contributed by atoms with E-state index < -0.39 is 13.3 Å². The zero-order valence-corrected chi connectivity index (χ0v) is 20.6. The minimum absolute atomic E-state index is 0.467. The van der Waals surface area contributed by atoms with Crippen LogP contribution in [0.5, 0.6) is 11.5 Å². The molecule has 0 atom stereocenters. The third-order valence-corrected chi connectivity index (χ3v) is 10.8. The van der Waals surface area contributed by atoms with Crippen molar-refractivity contribution in [2.45, 2.75) is 49.9 Å². The van der Waals surface area contributed by atoms with Crippen molar-refractivity contribution in [3.8, 4) is 22.8 Å². The Labute approximate surface area is 181 Å². The average molecular weight is 456 g/mol. The Morgan fingerprint density at radius 1 is 0.900 bits per heavy atom. The third kappa shape index (κ3) is 2.88. The van der Waals surface area contributed by atoms with E-state index >= 15 is 0 Å². The molecule has 3 aromatic carbocycles. The number of fused-ring (bicyclic) bond motifs is 3. The van der Waals surface area contributed by atoms with Gasteiger partial charge in [-0.05, 0) is 0 Å². The van der Waals surface area contributed by atoms with Gasteiger partial charge in [0.2, 0.25) is 0 Å². The molecule has 152 valence electrons. The summed E-state index contributed by atoms with van der Waals surface area (Å²) >= 11 is -2.15. The van der Waals surface area contributed by atoms with Crippen LogP contribution < -0.4 is 9.13 Å². The van der Waals surface area contributed by atoms with E-state index in [4.69, 9.17) is 9.72 Å². The van der Waals surface area contributed by atoms with E-state index in [2.05, 4.69) is 79.6 Å². The fraction of sp³-hybridized carbons (Fsp3) is 0.296. The Balaban J connectivity index is 1.94. The molecule has 1 aliphatic rings. The molecule has 0 spiro atoms. The van der Waals surface area contributed by atoms with Crippen molar-refractivity contribution in [3.63, 3.8) is 0 Å². The van der Waals surface area contributed by atoms with Crippen LogP contribution in [0.4, 0.5) is 0 Å². The van der Waals surface area contributed by atoms with Crippen LogP contribution in [-0.4, -0.2) is 18.3 Å². The first-order valence-corrected chi connectivity index (χ1v) is 18.4. The Kier molecular flexibility index (Phi) is 4.66. The van der Waals surface area contributed by atoms with E-state index in [-0.39, 0.29) is 0 Å². The fourth-order valence-corrected chi connectivity index (χ4v) is 8.01. The molecular weight excluding hydrogens is 427 g/mol. The molecule has 1 aliphatic heterocycles. The Bertz CT molecular complexity index is 1280. The zero-order valence-electron chi connectivity index (χ0n) is 18.5. The van der Waals surface area contributed by atoms with Gasteiger partial charge in [0.05, 0.1) is 0 Å². The summed E-state index contributed by atoms with van der Waals surface area (Å²) in [5.41, 5.74) is 3.58. The molecule has 0 saturated heterocycles. The summed E-state index contributed by atoms with van der Waals surface area (Å²) in [6.07, 6.45) is 4.15. The normalized spacial score (nSPS) is 13.0. The first-order valence-electron chi connectivity index (χ1n) is 11.1. The van der Waals surface area contributed by atoms with Gasteiger partial charge in [-0.1, -0.05) is 0 Å². The van der Waals surface area contributed by atoms with Gasteiger partial charge in [0.25, 0.3) is 0 Å². The van der Waals surface area contributed by atoms with Crippen molar-refractivity contribution < 1.29 is 4.74 Å². The summed E-state index contributed by atoms with van der Waals surface area (Å²) in [7, 11) is 0. The van der Waals surface area contributed by atoms with E-state index in [1.807, 2.05) is 6.20 Å². The Hall–Kier alpha value is -2.33. The molecule has 0 unspecified atom stereocenters. The number of rotatable bonds is 4. The molecule has 2 heterocycles. The van der Waals surface area contributed by atoms with Gasteiger partial charge >= 0.3 is 182 Å². The third-order valence-electron chi connectivity index (χ3n) is 6.59. The van der Waals surface area contributed by atoms with Gasteiger partial charge in [-0.15, -0.1) is 0 Å². The fourth-order valence-electron chi connectivity index (χ4n) is 4.99. The van der Waals surface area contributed by atoms with Crippen LogP contribution in [0.3, 0.4) is 0 Å². The number of hydrogen-bond acceptors (Lipinski definition) is 2. The predicted molar refractivity (Wildman–Crippen MR) is 131 cm³/mol. The van der Waals surface area contributed by atoms with Crippen molar-refractivity contribution in [2.24, 2.45) is 0 Å². The average Bonchev–Trinajstić information content (AvgIpc) is 2.74. The topological polar surface area (TPSA) is 22.1 Å². The molecule has 1 aromatic heterocycles. The van der Waals surface area contributed by atoms with Crippen molar-refractivity contribution >= 4 is 39.2 Å². The number of nitrogens with zero attached hydrogens (tertiary/aromatic N) is 1. The summed E-state index contributed by atoms with van der Waals surface area (Å²) in [4.78, 5) is 4.90. The number of benzene rings is 3. The van der Waals surface area contributed by atoms with E-state index in [1.54, 1.807) is 0 Å². The van der Waals surface area contributed by atoms with E-state index in [0.29, 0.717) is 5.92 Å². The molecule has 0 amide bonds. The van der Waals surface area contributed by atoms with E-state index in [0.717, 1.165) is 35.6 Å².